The molecule has 0 aliphatic rings. The van der Waals surface area contributed by atoms with Crippen LogP contribution in [-0.4, -0.2) is 24.9 Å². The Morgan fingerprint density at radius 3 is 2.52 bits per heavy atom. The predicted molar refractivity (Wildman–Crippen MR) is 88.6 cm³/mol. The molecule has 112 valence electrons. The van der Waals surface area contributed by atoms with E-state index >= 15 is 0 Å². The van der Waals surface area contributed by atoms with Gasteiger partial charge in [0, 0.05) is 12.6 Å². The van der Waals surface area contributed by atoms with Gasteiger partial charge in [-0.15, -0.1) is 0 Å². The number of nitrogens with one attached hydrogen (secondary N) is 1. The molecular formula is C17H20BrNO2. The van der Waals surface area contributed by atoms with Crippen LogP contribution in [0.15, 0.2) is 53.0 Å². The van der Waals surface area contributed by atoms with E-state index in [0.717, 1.165) is 22.2 Å². The summed E-state index contributed by atoms with van der Waals surface area (Å²) in [6.45, 7) is 0.826. The normalized spacial score (nSPS) is 12.1. The third-order valence-corrected chi connectivity index (χ3v) is 3.98. The molecule has 0 spiro atoms. The lowest BCUT2D eigenvalue weighted by Crippen LogP contribution is -2.34. The molecule has 2 aromatic carbocycles. The third kappa shape index (κ3) is 4.84. The van der Waals surface area contributed by atoms with Crippen LogP contribution in [0, 0.1) is 0 Å². The largest absolute Gasteiger partial charge is 0.496 e. The number of benzene rings is 2. The van der Waals surface area contributed by atoms with Gasteiger partial charge in [-0.25, -0.2) is 0 Å². The van der Waals surface area contributed by atoms with E-state index in [1.807, 2.05) is 36.4 Å². The van der Waals surface area contributed by atoms with Crippen LogP contribution in [0.5, 0.6) is 5.75 Å². The minimum absolute atomic E-state index is 0.0493. The summed E-state index contributed by atoms with van der Waals surface area (Å²) in [4.78, 5) is 0. The lowest BCUT2D eigenvalue weighted by Gasteiger charge is -2.17. The Hall–Kier alpha value is -1.36. The number of halogens is 1. The van der Waals surface area contributed by atoms with Gasteiger partial charge in [0.15, 0.2) is 0 Å². The number of aliphatic hydroxyl groups excluding tert-OH is 1. The summed E-state index contributed by atoms with van der Waals surface area (Å²) in [5.74, 6) is 0.821. The average molecular weight is 350 g/mol. The Bertz CT molecular complexity index is 560. The van der Waals surface area contributed by atoms with Gasteiger partial charge >= 0.3 is 0 Å². The molecule has 0 bridgehead atoms. The summed E-state index contributed by atoms with van der Waals surface area (Å²) in [5, 5.41) is 12.9. The summed E-state index contributed by atoms with van der Waals surface area (Å²) >= 11 is 3.48. The molecule has 3 nitrogen and oxygen atoms in total. The van der Waals surface area contributed by atoms with Crippen LogP contribution < -0.4 is 10.1 Å². The molecule has 0 fully saturated rings. The molecule has 0 aliphatic heterocycles. The fraction of sp³-hybridized carbons (Fsp3) is 0.294. The van der Waals surface area contributed by atoms with E-state index in [-0.39, 0.29) is 12.6 Å². The molecule has 1 atom stereocenters. The van der Waals surface area contributed by atoms with Crippen LogP contribution in [-0.2, 0) is 13.0 Å². The summed E-state index contributed by atoms with van der Waals surface area (Å²) < 4.78 is 6.16. The van der Waals surface area contributed by atoms with E-state index in [9.17, 15) is 5.11 Å². The minimum atomic E-state index is 0.0493. The van der Waals surface area contributed by atoms with Crippen molar-refractivity contribution in [1.82, 2.24) is 5.32 Å². The molecule has 0 aliphatic carbocycles. The zero-order valence-electron chi connectivity index (χ0n) is 12.1. The molecule has 0 saturated heterocycles. The highest BCUT2D eigenvalue weighted by Gasteiger charge is 2.08. The number of rotatable bonds is 7. The predicted octanol–water partition coefficient (Wildman–Crippen LogP) is 3.15. The Labute approximate surface area is 134 Å². The van der Waals surface area contributed by atoms with Gasteiger partial charge < -0.3 is 15.2 Å². The Morgan fingerprint density at radius 1 is 1.14 bits per heavy atom. The van der Waals surface area contributed by atoms with Gasteiger partial charge in [-0.3, -0.25) is 0 Å². The van der Waals surface area contributed by atoms with E-state index < -0.39 is 0 Å². The van der Waals surface area contributed by atoms with Crippen molar-refractivity contribution in [3.8, 4) is 5.75 Å². The van der Waals surface area contributed by atoms with Crippen molar-refractivity contribution < 1.29 is 9.84 Å². The molecule has 0 saturated carbocycles. The van der Waals surface area contributed by atoms with Crippen LogP contribution in [0.2, 0.25) is 0 Å². The van der Waals surface area contributed by atoms with Crippen LogP contribution in [0.4, 0.5) is 0 Å². The van der Waals surface area contributed by atoms with Crippen LogP contribution in [0.1, 0.15) is 11.1 Å². The Kier molecular flexibility index (Phi) is 6.23. The maximum atomic E-state index is 9.51. The van der Waals surface area contributed by atoms with E-state index in [2.05, 4.69) is 33.4 Å². The number of ether oxygens (including phenoxy) is 1. The van der Waals surface area contributed by atoms with E-state index in [4.69, 9.17) is 4.74 Å². The molecule has 0 heterocycles. The summed E-state index contributed by atoms with van der Waals surface area (Å²) in [7, 11) is 1.65. The van der Waals surface area contributed by atoms with Crippen LogP contribution in [0.3, 0.4) is 0 Å². The van der Waals surface area contributed by atoms with Gasteiger partial charge in [-0.05, 0) is 45.6 Å². The average Bonchev–Trinajstić information content (AvgIpc) is 2.52. The third-order valence-electron chi connectivity index (χ3n) is 3.36. The second-order valence-electron chi connectivity index (χ2n) is 4.92. The van der Waals surface area contributed by atoms with Crippen LogP contribution >= 0.6 is 15.9 Å². The molecule has 2 rings (SSSR count). The fourth-order valence-electron chi connectivity index (χ4n) is 2.18. The fourth-order valence-corrected chi connectivity index (χ4v) is 2.77. The molecule has 0 amide bonds. The topological polar surface area (TPSA) is 41.5 Å². The molecule has 4 heteroatoms. The van der Waals surface area contributed by atoms with Crippen molar-refractivity contribution in [1.29, 1.82) is 0 Å². The number of aliphatic hydroxyl groups is 1. The van der Waals surface area contributed by atoms with Gasteiger partial charge in [-0.1, -0.05) is 36.4 Å². The van der Waals surface area contributed by atoms with Gasteiger partial charge in [0.2, 0.25) is 0 Å². The lowest BCUT2D eigenvalue weighted by atomic mass is 10.1. The van der Waals surface area contributed by atoms with Gasteiger partial charge in [0.25, 0.3) is 0 Å². The minimum Gasteiger partial charge on any atom is -0.496 e. The molecule has 2 aromatic rings. The maximum Gasteiger partial charge on any atom is 0.133 e. The number of hydrogen-bond donors (Lipinski definition) is 2. The Balaban J connectivity index is 1.92. The lowest BCUT2D eigenvalue weighted by molar-refractivity contribution is 0.241. The molecule has 0 radical (unpaired) electrons. The van der Waals surface area contributed by atoms with Crippen molar-refractivity contribution in [2.75, 3.05) is 13.7 Å². The quantitative estimate of drug-likeness (QED) is 0.806. The van der Waals surface area contributed by atoms with Crippen molar-refractivity contribution in [3.63, 3.8) is 0 Å². The molecule has 0 unspecified atom stereocenters. The first-order valence-electron chi connectivity index (χ1n) is 6.93. The highest BCUT2D eigenvalue weighted by molar-refractivity contribution is 9.10. The number of hydrogen-bond acceptors (Lipinski definition) is 3. The number of methoxy groups -OCH3 is 1. The van der Waals surface area contributed by atoms with Gasteiger partial charge in [0.1, 0.15) is 5.75 Å². The maximum absolute atomic E-state index is 9.51. The summed E-state index contributed by atoms with van der Waals surface area (Å²) in [5.41, 5.74) is 2.37. The van der Waals surface area contributed by atoms with Crippen molar-refractivity contribution in [2.45, 2.75) is 19.0 Å². The molecule has 21 heavy (non-hydrogen) atoms. The monoisotopic (exact) mass is 349 g/mol. The molecule has 0 aromatic heterocycles. The van der Waals surface area contributed by atoms with Crippen molar-refractivity contribution in [3.05, 3.63) is 64.1 Å². The van der Waals surface area contributed by atoms with Gasteiger partial charge in [-0.2, -0.15) is 0 Å². The summed E-state index contributed by atoms with van der Waals surface area (Å²) in [6.07, 6.45) is 0.814. The highest BCUT2D eigenvalue weighted by atomic mass is 79.9. The zero-order valence-corrected chi connectivity index (χ0v) is 13.6. The first-order valence-corrected chi connectivity index (χ1v) is 7.73. The summed E-state index contributed by atoms with van der Waals surface area (Å²) in [6, 6.07) is 16.2. The SMILES string of the molecule is COc1ccc(CN[C@@H](CO)Cc2ccccc2)cc1Br. The smallest absolute Gasteiger partial charge is 0.133 e. The highest BCUT2D eigenvalue weighted by Crippen LogP contribution is 2.25. The first kappa shape index (κ1) is 16.0. The second kappa shape index (κ2) is 8.17. The van der Waals surface area contributed by atoms with Gasteiger partial charge in [0.05, 0.1) is 18.2 Å². The van der Waals surface area contributed by atoms with Crippen LogP contribution in [0.25, 0.3) is 0 Å². The first-order chi connectivity index (χ1) is 10.2. The van der Waals surface area contributed by atoms with E-state index in [1.165, 1.54) is 5.56 Å². The van der Waals surface area contributed by atoms with E-state index in [0.29, 0.717) is 6.54 Å². The Morgan fingerprint density at radius 2 is 1.90 bits per heavy atom. The van der Waals surface area contributed by atoms with Crippen molar-refractivity contribution >= 4 is 15.9 Å². The standard InChI is InChI=1S/C17H20BrNO2/c1-21-17-8-7-14(10-16(17)18)11-19-15(12-20)9-13-5-3-2-4-6-13/h2-8,10,15,19-20H,9,11-12H2,1H3/t15-/m1/s1. The molecular weight excluding hydrogens is 330 g/mol. The second-order valence-corrected chi connectivity index (χ2v) is 5.77. The van der Waals surface area contributed by atoms with Crippen molar-refractivity contribution in [2.24, 2.45) is 0 Å². The zero-order chi connectivity index (χ0) is 15.1. The van der Waals surface area contributed by atoms with E-state index in [1.54, 1.807) is 7.11 Å². The molecule has 2 N–H and O–H groups in total.